The van der Waals surface area contributed by atoms with E-state index >= 15 is 0 Å². The van der Waals surface area contributed by atoms with Crippen molar-refractivity contribution in [2.75, 3.05) is 38.0 Å². The van der Waals surface area contributed by atoms with E-state index in [1.807, 2.05) is 56.7 Å². The quantitative estimate of drug-likeness (QED) is 0.226. The second kappa shape index (κ2) is 12.8. The Morgan fingerprint density at radius 2 is 1.64 bits per heavy atom. The molecule has 10 nitrogen and oxygen atoms in total. The zero-order valence-corrected chi connectivity index (χ0v) is 26.4. The Labute approximate surface area is 265 Å². The van der Waals surface area contributed by atoms with Gasteiger partial charge in [-0.1, -0.05) is 23.2 Å². The molecule has 5 rings (SSSR count). The number of ketones is 1. The molecule has 2 aromatic carbocycles. The number of nitrogens with one attached hydrogen (secondary N) is 1. The lowest BCUT2D eigenvalue weighted by molar-refractivity contribution is 0.0139. The first-order valence-electron chi connectivity index (χ1n) is 14.1. The third kappa shape index (κ3) is 7.26. The highest BCUT2D eigenvalue weighted by molar-refractivity contribution is 6.42. The summed E-state index contributed by atoms with van der Waals surface area (Å²) in [6.45, 7) is 7.24. The minimum absolute atomic E-state index is 0.0600. The number of halogens is 2. The number of fused-ring (bicyclic) bond motifs is 1. The molecule has 1 saturated heterocycles. The van der Waals surface area contributed by atoms with Gasteiger partial charge in [0, 0.05) is 56.3 Å². The summed E-state index contributed by atoms with van der Waals surface area (Å²) < 4.78 is 13.3. The number of amides is 2. The van der Waals surface area contributed by atoms with Crippen LogP contribution in [0.5, 0.6) is 11.6 Å². The predicted octanol–water partition coefficient (Wildman–Crippen LogP) is 6.66. The van der Waals surface area contributed by atoms with Crippen molar-refractivity contribution in [2.24, 2.45) is 7.05 Å². The molecule has 2 aromatic heterocycles. The van der Waals surface area contributed by atoms with E-state index in [-0.39, 0.29) is 24.3 Å². The second-order valence-electron chi connectivity index (χ2n) is 11.5. The number of carbonyl (C=O) groups excluding carboxylic acids is 3. The van der Waals surface area contributed by atoms with Crippen LogP contribution >= 0.6 is 23.2 Å². The van der Waals surface area contributed by atoms with Gasteiger partial charge in [-0.25, -0.2) is 9.78 Å². The molecule has 0 saturated carbocycles. The molecule has 1 aliphatic heterocycles. The molecular weight excluding hydrogens is 605 g/mol. The molecule has 4 aromatic rings. The number of aromatic nitrogens is 2. The average Bonchev–Trinajstić information content (AvgIpc) is 3.32. The number of aryl methyl sites for hydroxylation is 1. The SMILES string of the molecule is Cn1c(C(=O)N2CCN(C(=O)OC(C)(C)C)CC2)cc2ccc(Oc3ccc(NCC(=O)c4ccc(Cl)c(Cl)c4)cn3)cc21. The number of benzene rings is 2. The van der Waals surface area contributed by atoms with Crippen LogP contribution < -0.4 is 10.1 Å². The largest absolute Gasteiger partial charge is 0.444 e. The number of piperazine rings is 1. The van der Waals surface area contributed by atoms with Crippen molar-refractivity contribution < 1.29 is 23.9 Å². The molecule has 0 aliphatic carbocycles. The van der Waals surface area contributed by atoms with Crippen LogP contribution in [0.2, 0.25) is 10.0 Å². The molecule has 3 heterocycles. The van der Waals surface area contributed by atoms with E-state index in [0.717, 1.165) is 10.9 Å². The molecule has 0 bridgehead atoms. The number of ether oxygens (including phenoxy) is 2. The first-order valence-corrected chi connectivity index (χ1v) is 14.9. The van der Waals surface area contributed by atoms with Crippen molar-refractivity contribution in [3.8, 4) is 11.6 Å². The molecular formula is C32H33Cl2N5O5. The number of nitrogens with zero attached hydrogens (tertiary/aromatic N) is 4. The van der Waals surface area contributed by atoms with Gasteiger partial charge in [-0.3, -0.25) is 9.59 Å². The number of hydrogen-bond acceptors (Lipinski definition) is 7. The van der Waals surface area contributed by atoms with Gasteiger partial charge in [-0.2, -0.15) is 0 Å². The van der Waals surface area contributed by atoms with Gasteiger partial charge in [-0.15, -0.1) is 0 Å². The maximum atomic E-state index is 13.4. The van der Waals surface area contributed by atoms with Crippen LogP contribution in [0.25, 0.3) is 10.9 Å². The number of pyridine rings is 1. The lowest BCUT2D eigenvalue weighted by Gasteiger charge is -2.35. The van der Waals surface area contributed by atoms with E-state index in [9.17, 15) is 14.4 Å². The highest BCUT2D eigenvalue weighted by atomic mass is 35.5. The smallest absolute Gasteiger partial charge is 0.410 e. The van der Waals surface area contributed by atoms with E-state index in [0.29, 0.717) is 64.8 Å². The maximum absolute atomic E-state index is 13.4. The van der Waals surface area contributed by atoms with Gasteiger partial charge in [0.1, 0.15) is 17.0 Å². The summed E-state index contributed by atoms with van der Waals surface area (Å²) in [6, 6.07) is 15.7. The molecule has 0 atom stereocenters. The Morgan fingerprint density at radius 3 is 2.30 bits per heavy atom. The minimum Gasteiger partial charge on any atom is -0.444 e. The van der Waals surface area contributed by atoms with Gasteiger partial charge < -0.3 is 29.2 Å². The van der Waals surface area contributed by atoms with Crippen LogP contribution in [-0.4, -0.2) is 75.5 Å². The van der Waals surface area contributed by atoms with E-state index in [2.05, 4.69) is 10.3 Å². The van der Waals surface area contributed by atoms with Gasteiger partial charge in [0.15, 0.2) is 5.78 Å². The summed E-state index contributed by atoms with van der Waals surface area (Å²) in [6.07, 6.45) is 1.22. The van der Waals surface area contributed by atoms with Crippen LogP contribution in [0.3, 0.4) is 0 Å². The maximum Gasteiger partial charge on any atom is 0.410 e. The third-order valence-electron chi connectivity index (χ3n) is 7.11. The molecule has 12 heteroatoms. The van der Waals surface area contributed by atoms with Gasteiger partial charge >= 0.3 is 6.09 Å². The van der Waals surface area contributed by atoms with Crippen LogP contribution in [0.1, 0.15) is 41.6 Å². The lowest BCUT2D eigenvalue weighted by Crippen LogP contribution is -2.51. The fourth-order valence-electron chi connectivity index (χ4n) is 4.78. The highest BCUT2D eigenvalue weighted by Crippen LogP contribution is 2.28. The Hall–Kier alpha value is -4.28. The van der Waals surface area contributed by atoms with Gasteiger partial charge in [0.05, 0.1) is 34.0 Å². The van der Waals surface area contributed by atoms with Crippen LogP contribution in [0.15, 0.2) is 60.8 Å². The number of anilines is 1. The van der Waals surface area contributed by atoms with Crippen LogP contribution in [0, 0.1) is 0 Å². The zero-order chi connectivity index (χ0) is 31.6. The summed E-state index contributed by atoms with van der Waals surface area (Å²) in [5.74, 6) is 0.698. The lowest BCUT2D eigenvalue weighted by atomic mass is 10.1. The molecule has 230 valence electrons. The van der Waals surface area contributed by atoms with Gasteiger partial charge in [0.25, 0.3) is 5.91 Å². The third-order valence-corrected chi connectivity index (χ3v) is 7.85. The van der Waals surface area contributed by atoms with Crippen molar-refractivity contribution >= 4 is 57.6 Å². The van der Waals surface area contributed by atoms with Gasteiger partial charge in [-0.05, 0) is 63.2 Å². The number of hydrogen-bond donors (Lipinski definition) is 1. The average molecular weight is 639 g/mol. The summed E-state index contributed by atoms with van der Waals surface area (Å²) in [4.78, 5) is 46.0. The molecule has 2 amide bonds. The van der Waals surface area contributed by atoms with Crippen LogP contribution in [-0.2, 0) is 11.8 Å². The Kier molecular flexibility index (Phi) is 9.03. The summed E-state index contributed by atoms with van der Waals surface area (Å²) in [5, 5.41) is 4.66. The minimum atomic E-state index is -0.566. The predicted molar refractivity (Wildman–Crippen MR) is 170 cm³/mol. The normalized spacial score (nSPS) is 13.6. The molecule has 1 fully saturated rings. The first-order chi connectivity index (χ1) is 20.9. The Balaban J connectivity index is 1.19. The number of Topliss-reactive ketones (excluding diaryl/α,β-unsaturated/α-hetero) is 1. The topological polar surface area (TPSA) is 106 Å². The fraction of sp³-hybridized carbons (Fsp3) is 0.312. The first kappa shape index (κ1) is 31.2. The monoisotopic (exact) mass is 637 g/mol. The molecule has 44 heavy (non-hydrogen) atoms. The van der Waals surface area contributed by atoms with E-state index in [4.69, 9.17) is 32.7 Å². The van der Waals surface area contributed by atoms with E-state index in [1.165, 1.54) is 0 Å². The molecule has 0 spiro atoms. The van der Waals surface area contributed by atoms with Crippen molar-refractivity contribution in [1.29, 1.82) is 0 Å². The van der Waals surface area contributed by atoms with Gasteiger partial charge in [0.2, 0.25) is 5.88 Å². The van der Waals surface area contributed by atoms with E-state index < -0.39 is 5.60 Å². The van der Waals surface area contributed by atoms with Crippen molar-refractivity contribution in [3.63, 3.8) is 0 Å². The molecule has 1 N–H and O–H groups in total. The number of carbonyl (C=O) groups is 3. The van der Waals surface area contributed by atoms with E-state index in [1.54, 1.807) is 46.3 Å². The molecule has 1 aliphatic rings. The summed E-state index contributed by atoms with van der Waals surface area (Å²) in [7, 11) is 1.84. The molecule has 0 radical (unpaired) electrons. The summed E-state index contributed by atoms with van der Waals surface area (Å²) >= 11 is 11.9. The second-order valence-corrected chi connectivity index (χ2v) is 12.3. The highest BCUT2D eigenvalue weighted by Gasteiger charge is 2.29. The summed E-state index contributed by atoms with van der Waals surface area (Å²) in [5.41, 5.74) is 1.92. The number of rotatable bonds is 7. The van der Waals surface area contributed by atoms with Crippen molar-refractivity contribution in [3.05, 3.63) is 82.1 Å². The van der Waals surface area contributed by atoms with Crippen molar-refractivity contribution in [2.45, 2.75) is 26.4 Å². The fourth-order valence-corrected chi connectivity index (χ4v) is 5.08. The molecule has 0 unspecified atom stereocenters. The Morgan fingerprint density at radius 1 is 0.909 bits per heavy atom. The van der Waals surface area contributed by atoms with Crippen molar-refractivity contribution in [1.82, 2.24) is 19.4 Å². The Bertz CT molecular complexity index is 1710. The standard InChI is InChI=1S/C32H33Cl2N5O5/c1-32(2,3)44-31(42)39-13-11-38(12-14-39)30(41)27-16-20-5-8-23(17-26(20)37(27)4)43-29-10-7-22(18-36-29)35-19-28(40)21-6-9-24(33)25(34)15-21/h5-10,15-18,35H,11-14,19H2,1-4H3. The zero-order valence-electron chi connectivity index (χ0n) is 24.9. The van der Waals surface area contributed by atoms with Crippen LogP contribution in [0.4, 0.5) is 10.5 Å².